The maximum Gasteiger partial charge on any atom is 0.353 e. The van der Waals surface area contributed by atoms with Gasteiger partial charge < -0.3 is 25.0 Å². The molecule has 40 heavy (non-hydrogen) atoms. The number of anilines is 3. The number of carbonyl (C=O) groups excluding carboxylic acids is 1. The first-order chi connectivity index (χ1) is 19.5. The van der Waals surface area contributed by atoms with E-state index < -0.39 is 4.92 Å². The van der Waals surface area contributed by atoms with Crippen molar-refractivity contribution < 1.29 is 19.2 Å². The van der Waals surface area contributed by atoms with Crippen LogP contribution in [0.1, 0.15) is 5.56 Å². The van der Waals surface area contributed by atoms with Gasteiger partial charge in [0.1, 0.15) is 6.33 Å². The van der Waals surface area contributed by atoms with E-state index in [4.69, 9.17) is 9.47 Å². The SMILES string of the molecule is O=C(CNc1ncnc(N2CCN(Cc3ccc4c(c3)OCO4)CC2)c1[N+](=O)[O-])Nc1ccc2ccccc2c1. The highest BCUT2D eigenvalue weighted by Crippen LogP contribution is 2.34. The molecular formula is C28H27N7O5. The minimum Gasteiger partial charge on any atom is -0.454 e. The topological polar surface area (TPSA) is 135 Å². The van der Waals surface area contributed by atoms with Crippen LogP contribution in [-0.2, 0) is 11.3 Å². The van der Waals surface area contributed by atoms with Crippen LogP contribution in [0.3, 0.4) is 0 Å². The summed E-state index contributed by atoms with van der Waals surface area (Å²) in [6.07, 6.45) is 1.28. The van der Waals surface area contributed by atoms with Crippen molar-refractivity contribution in [1.29, 1.82) is 0 Å². The third kappa shape index (κ3) is 5.43. The van der Waals surface area contributed by atoms with Crippen LogP contribution >= 0.6 is 0 Å². The molecule has 6 rings (SSSR count). The molecule has 0 saturated carbocycles. The van der Waals surface area contributed by atoms with Crippen molar-refractivity contribution in [2.45, 2.75) is 6.54 Å². The van der Waals surface area contributed by atoms with E-state index in [1.807, 2.05) is 65.6 Å². The standard InChI is InChI=1S/C28H27N7O5/c36-25(32-22-7-6-20-3-1-2-4-21(20)14-22)15-29-27-26(35(37)38)28(31-17-30-27)34-11-9-33(10-12-34)16-19-5-8-23-24(13-19)40-18-39-23/h1-8,13-14,17H,9-12,15-16,18H2,(H,32,36)(H,29,30,31). The van der Waals surface area contributed by atoms with Gasteiger partial charge in [-0.3, -0.25) is 19.8 Å². The molecule has 1 amide bonds. The van der Waals surface area contributed by atoms with Crippen molar-refractivity contribution in [3.05, 3.63) is 82.7 Å². The summed E-state index contributed by atoms with van der Waals surface area (Å²) in [6, 6.07) is 19.4. The molecule has 4 aromatic rings. The summed E-state index contributed by atoms with van der Waals surface area (Å²) in [5.41, 5.74) is 1.51. The number of nitro groups is 1. The van der Waals surface area contributed by atoms with Gasteiger partial charge in [-0.15, -0.1) is 0 Å². The zero-order chi connectivity index (χ0) is 27.5. The molecule has 0 unspecified atom stereocenters. The molecule has 3 aromatic carbocycles. The second kappa shape index (κ2) is 11.0. The smallest absolute Gasteiger partial charge is 0.353 e. The van der Waals surface area contributed by atoms with E-state index in [1.165, 1.54) is 6.33 Å². The van der Waals surface area contributed by atoms with Crippen molar-refractivity contribution in [2.24, 2.45) is 0 Å². The van der Waals surface area contributed by atoms with Crippen molar-refractivity contribution in [2.75, 3.05) is 55.1 Å². The van der Waals surface area contributed by atoms with Crippen LogP contribution in [0.5, 0.6) is 11.5 Å². The molecule has 0 atom stereocenters. The number of aromatic nitrogens is 2. The van der Waals surface area contributed by atoms with Crippen LogP contribution in [0.2, 0.25) is 0 Å². The Kier molecular flexibility index (Phi) is 6.98. The number of carbonyl (C=O) groups is 1. The molecule has 2 aliphatic rings. The summed E-state index contributed by atoms with van der Waals surface area (Å²) < 4.78 is 10.9. The van der Waals surface area contributed by atoms with E-state index >= 15 is 0 Å². The molecule has 0 spiro atoms. The number of rotatable bonds is 8. The molecule has 3 heterocycles. The van der Waals surface area contributed by atoms with Gasteiger partial charge in [-0.05, 0) is 40.6 Å². The minimum atomic E-state index is -0.502. The number of nitrogens with zero attached hydrogens (tertiary/aromatic N) is 5. The normalized spacial score (nSPS) is 14.8. The van der Waals surface area contributed by atoms with Gasteiger partial charge in [-0.1, -0.05) is 36.4 Å². The van der Waals surface area contributed by atoms with E-state index in [1.54, 1.807) is 0 Å². The first kappa shape index (κ1) is 25.3. The van der Waals surface area contributed by atoms with Gasteiger partial charge in [-0.2, -0.15) is 0 Å². The quantitative estimate of drug-likeness (QED) is 0.251. The van der Waals surface area contributed by atoms with Gasteiger partial charge in [0.05, 0.1) is 11.5 Å². The fraction of sp³-hybridized carbons (Fsp3) is 0.250. The number of ether oxygens (including phenoxy) is 2. The van der Waals surface area contributed by atoms with E-state index in [0.717, 1.165) is 34.4 Å². The molecule has 1 saturated heterocycles. The third-order valence-corrected chi connectivity index (χ3v) is 6.95. The average molecular weight is 542 g/mol. The number of hydrogen-bond acceptors (Lipinski definition) is 10. The van der Waals surface area contributed by atoms with Gasteiger partial charge in [0.25, 0.3) is 0 Å². The van der Waals surface area contributed by atoms with Crippen LogP contribution in [0.4, 0.5) is 23.0 Å². The predicted molar refractivity (Wildman–Crippen MR) is 150 cm³/mol. The lowest BCUT2D eigenvalue weighted by molar-refractivity contribution is -0.383. The molecule has 12 heteroatoms. The Morgan fingerprint density at radius 1 is 0.950 bits per heavy atom. The molecule has 12 nitrogen and oxygen atoms in total. The molecule has 0 aliphatic carbocycles. The van der Waals surface area contributed by atoms with E-state index in [0.29, 0.717) is 31.9 Å². The van der Waals surface area contributed by atoms with Crippen LogP contribution in [0.25, 0.3) is 10.8 Å². The van der Waals surface area contributed by atoms with Gasteiger partial charge in [0.2, 0.25) is 24.3 Å². The molecule has 1 aromatic heterocycles. The Morgan fingerprint density at radius 2 is 1.75 bits per heavy atom. The maximum absolute atomic E-state index is 12.6. The summed E-state index contributed by atoms with van der Waals surface area (Å²) in [6.45, 7) is 3.30. The molecule has 1 fully saturated rings. The summed E-state index contributed by atoms with van der Waals surface area (Å²) in [7, 11) is 0. The van der Waals surface area contributed by atoms with Gasteiger partial charge in [-0.25, -0.2) is 9.97 Å². The number of hydrogen-bond donors (Lipinski definition) is 2. The highest BCUT2D eigenvalue weighted by Gasteiger charge is 2.29. The average Bonchev–Trinajstić information content (AvgIpc) is 3.44. The summed E-state index contributed by atoms with van der Waals surface area (Å²) in [5.74, 6) is 1.40. The Labute approximate surface area is 229 Å². The Hall–Kier alpha value is -4.97. The van der Waals surface area contributed by atoms with E-state index in [9.17, 15) is 14.9 Å². The van der Waals surface area contributed by atoms with Crippen molar-refractivity contribution in [3.8, 4) is 11.5 Å². The highest BCUT2D eigenvalue weighted by atomic mass is 16.7. The van der Waals surface area contributed by atoms with Crippen LogP contribution in [-0.4, -0.2) is 65.2 Å². The molecule has 2 N–H and O–H groups in total. The summed E-state index contributed by atoms with van der Waals surface area (Å²) in [5, 5.41) is 19.8. The lowest BCUT2D eigenvalue weighted by Crippen LogP contribution is -2.46. The zero-order valence-electron chi connectivity index (χ0n) is 21.6. The van der Waals surface area contributed by atoms with Gasteiger partial charge in [0, 0.05) is 38.4 Å². The van der Waals surface area contributed by atoms with Crippen LogP contribution < -0.4 is 25.0 Å². The molecule has 0 radical (unpaired) electrons. The van der Waals surface area contributed by atoms with Crippen molar-refractivity contribution in [1.82, 2.24) is 14.9 Å². The number of amides is 1. The van der Waals surface area contributed by atoms with E-state index in [-0.39, 0.29) is 36.6 Å². The monoisotopic (exact) mass is 541 g/mol. The fourth-order valence-corrected chi connectivity index (χ4v) is 4.95. The van der Waals surface area contributed by atoms with Crippen LogP contribution in [0.15, 0.2) is 67.0 Å². The number of fused-ring (bicyclic) bond motifs is 2. The first-order valence-electron chi connectivity index (χ1n) is 12.9. The number of piperazine rings is 1. The van der Waals surface area contributed by atoms with E-state index in [2.05, 4.69) is 25.5 Å². The first-order valence-corrected chi connectivity index (χ1v) is 12.9. The minimum absolute atomic E-state index is 0.00597. The Morgan fingerprint density at radius 3 is 2.58 bits per heavy atom. The summed E-state index contributed by atoms with van der Waals surface area (Å²) >= 11 is 0. The van der Waals surface area contributed by atoms with Crippen LogP contribution in [0, 0.1) is 10.1 Å². The number of nitrogens with one attached hydrogen (secondary N) is 2. The zero-order valence-corrected chi connectivity index (χ0v) is 21.6. The predicted octanol–water partition coefficient (Wildman–Crippen LogP) is 3.64. The Bertz CT molecular complexity index is 1570. The van der Waals surface area contributed by atoms with Gasteiger partial charge in [0.15, 0.2) is 11.5 Å². The Balaban J connectivity index is 1.08. The van der Waals surface area contributed by atoms with Gasteiger partial charge >= 0.3 is 5.69 Å². The van der Waals surface area contributed by atoms with Crippen molar-refractivity contribution in [3.63, 3.8) is 0 Å². The highest BCUT2D eigenvalue weighted by molar-refractivity contribution is 5.96. The lowest BCUT2D eigenvalue weighted by atomic mass is 10.1. The molecule has 204 valence electrons. The second-order valence-corrected chi connectivity index (χ2v) is 9.57. The lowest BCUT2D eigenvalue weighted by Gasteiger charge is -2.35. The largest absolute Gasteiger partial charge is 0.454 e. The molecular weight excluding hydrogens is 514 g/mol. The second-order valence-electron chi connectivity index (χ2n) is 9.57. The summed E-state index contributed by atoms with van der Waals surface area (Å²) in [4.78, 5) is 36.7. The molecule has 2 aliphatic heterocycles. The van der Waals surface area contributed by atoms with Crippen molar-refractivity contribution >= 4 is 39.7 Å². The fourth-order valence-electron chi connectivity index (χ4n) is 4.95. The number of benzene rings is 3. The third-order valence-electron chi connectivity index (χ3n) is 6.95. The maximum atomic E-state index is 12.6. The molecule has 0 bridgehead atoms.